The number of hydrogen-bond acceptors (Lipinski definition) is 3. The summed E-state index contributed by atoms with van der Waals surface area (Å²) in [5.41, 5.74) is 3.06. The van der Waals surface area contributed by atoms with Crippen LogP contribution in [0.1, 0.15) is 17.2 Å². The van der Waals surface area contributed by atoms with E-state index < -0.39 is 17.7 Å². The fourth-order valence-electron chi connectivity index (χ4n) is 2.14. The van der Waals surface area contributed by atoms with Gasteiger partial charge in [0.2, 0.25) is 0 Å². The molecule has 6 heteroatoms. The highest BCUT2D eigenvalue weighted by Crippen LogP contribution is 2.29. The first-order valence-electron chi connectivity index (χ1n) is 6.30. The molecule has 0 aliphatic rings. The summed E-state index contributed by atoms with van der Waals surface area (Å²) in [5.74, 6) is 4.61. The molecule has 2 aromatic carbocycles. The largest absolute Gasteiger partial charge is 0.494 e. The van der Waals surface area contributed by atoms with Gasteiger partial charge in [0.1, 0.15) is 5.82 Å². The molecule has 0 aromatic heterocycles. The van der Waals surface area contributed by atoms with Crippen LogP contribution < -0.4 is 16.0 Å². The zero-order valence-corrected chi connectivity index (χ0v) is 12.1. The summed E-state index contributed by atoms with van der Waals surface area (Å²) in [5, 5.41) is 0.276. The number of hydrogen-bond donors (Lipinski definition) is 2. The third-order valence-electron chi connectivity index (χ3n) is 3.26. The Kier molecular flexibility index (Phi) is 5.12. The number of benzene rings is 2. The van der Waals surface area contributed by atoms with Crippen molar-refractivity contribution in [1.29, 1.82) is 0 Å². The van der Waals surface area contributed by atoms with Crippen LogP contribution in [0.3, 0.4) is 0 Å². The lowest BCUT2D eigenvalue weighted by atomic mass is 9.98. The minimum Gasteiger partial charge on any atom is -0.494 e. The molecular weight excluding hydrogens is 298 g/mol. The number of nitrogens with one attached hydrogen (secondary N) is 1. The van der Waals surface area contributed by atoms with Gasteiger partial charge in [-0.2, -0.15) is 0 Å². The summed E-state index contributed by atoms with van der Waals surface area (Å²) in [7, 11) is 1.38. The van der Waals surface area contributed by atoms with E-state index in [0.717, 1.165) is 0 Å². The Morgan fingerprint density at radius 2 is 1.95 bits per heavy atom. The summed E-state index contributed by atoms with van der Waals surface area (Å²) in [4.78, 5) is 0. The molecule has 1 unspecified atom stereocenters. The summed E-state index contributed by atoms with van der Waals surface area (Å²) in [6.07, 6.45) is 0.117. The maximum absolute atomic E-state index is 14.3. The number of hydrazine groups is 1. The van der Waals surface area contributed by atoms with Crippen molar-refractivity contribution in [3.05, 3.63) is 64.2 Å². The molecule has 21 heavy (non-hydrogen) atoms. The van der Waals surface area contributed by atoms with E-state index in [-0.39, 0.29) is 28.3 Å². The quantitative estimate of drug-likeness (QED) is 0.657. The maximum Gasteiger partial charge on any atom is 0.169 e. The zero-order valence-electron chi connectivity index (χ0n) is 11.4. The molecule has 0 spiro atoms. The lowest BCUT2D eigenvalue weighted by Gasteiger charge is -2.19. The number of nitrogens with two attached hydrogens (primary N) is 1. The summed E-state index contributed by atoms with van der Waals surface area (Å²) < 4.78 is 33.0. The van der Waals surface area contributed by atoms with Gasteiger partial charge in [0.15, 0.2) is 11.6 Å². The molecule has 0 amide bonds. The predicted octanol–water partition coefficient (Wildman–Crippen LogP) is 3.37. The minimum absolute atomic E-state index is 0.104. The summed E-state index contributed by atoms with van der Waals surface area (Å²) in [6.45, 7) is 0. The fraction of sp³-hybridized carbons (Fsp3) is 0.200. The number of halogens is 3. The monoisotopic (exact) mass is 312 g/mol. The SMILES string of the molecule is COc1cccc(C(Cc2c(F)cccc2Cl)NN)c1F. The zero-order chi connectivity index (χ0) is 15.4. The number of ether oxygens (including phenoxy) is 1. The van der Waals surface area contributed by atoms with Crippen LogP contribution in [-0.4, -0.2) is 7.11 Å². The maximum atomic E-state index is 14.3. The third-order valence-corrected chi connectivity index (χ3v) is 3.61. The van der Waals surface area contributed by atoms with E-state index in [2.05, 4.69) is 5.43 Å². The minimum atomic E-state index is -0.630. The molecule has 0 fully saturated rings. The fourth-order valence-corrected chi connectivity index (χ4v) is 2.38. The van der Waals surface area contributed by atoms with Crippen molar-refractivity contribution in [3.63, 3.8) is 0 Å². The molecule has 2 aromatic rings. The first kappa shape index (κ1) is 15.7. The molecule has 0 aliphatic heterocycles. The van der Waals surface area contributed by atoms with Gasteiger partial charge in [0.25, 0.3) is 0 Å². The van der Waals surface area contributed by atoms with Crippen molar-refractivity contribution >= 4 is 11.6 Å². The Bertz CT molecular complexity index is 617. The average Bonchev–Trinajstić information content (AvgIpc) is 2.48. The van der Waals surface area contributed by atoms with Gasteiger partial charge >= 0.3 is 0 Å². The molecule has 3 nitrogen and oxygen atoms in total. The van der Waals surface area contributed by atoms with E-state index in [1.165, 1.54) is 25.3 Å². The van der Waals surface area contributed by atoms with Gasteiger partial charge in [0, 0.05) is 16.1 Å². The average molecular weight is 313 g/mol. The first-order chi connectivity index (χ1) is 10.1. The Morgan fingerprint density at radius 3 is 2.57 bits per heavy atom. The van der Waals surface area contributed by atoms with Gasteiger partial charge in [-0.05, 0) is 24.6 Å². The highest BCUT2D eigenvalue weighted by molar-refractivity contribution is 6.31. The normalized spacial score (nSPS) is 12.2. The second-order valence-corrected chi connectivity index (χ2v) is 4.89. The van der Waals surface area contributed by atoms with E-state index in [0.29, 0.717) is 0 Å². The second-order valence-electron chi connectivity index (χ2n) is 4.49. The van der Waals surface area contributed by atoms with E-state index in [4.69, 9.17) is 22.2 Å². The molecule has 0 radical (unpaired) electrons. The van der Waals surface area contributed by atoms with Crippen LogP contribution in [-0.2, 0) is 6.42 Å². The second kappa shape index (κ2) is 6.85. The van der Waals surface area contributed by atoms with Crippen molar-refractivity contribution in [2.75, 3.05) is 7.11 Å². The van der Waals surface area contributed by atoms with E-state index >= 15 is 0 Å². The van der Waals surface area contributed by atoms with E-state index in [9.17, 15) is 8.78 Å². The molecule has 0 heterocycles. The predicted molar refractivity (Wildman–Crippen MR) is 78.1 cm³/mol. The van der Waals surface area contributed by atoms with Gasteiger partial charge in [-0.15, -0.1) is 0 Å². The first-order valence-corrected chi connectivity index (χ1v) is 6.67. The standard InChI is InChI=1S/C15H15ClF2N2O/c1-21-14-7-2-4-9(15(14)18)13(20-19)8-10-11(16)5-3-6-12(10)17/h2-7,13,20H,8,19H2,1H3. The summed E-state index contributed by atoms with van der Waals surface area (Å²) in [6, 6.07) is 8.48. The van der Waals surface area contributed by atoms with Crippen molar-refractivity contribution in [3.8, 4) is 5.75 Å². The van der Waals surface area contributed by atoms with Gasteiger partial charge < -0.3 is 4.74 Å². The van der Waals surface area contributed by atoms with E-state index in [1.54, 1.807) is 18.2 Å². The van der Waals surface area contributed by atoms with Gasteiger partial charge in [-0.3, -0.25) is 11.3 Å². The molecule has 112 valence electrons. The van der Waals surface area contributed by atoms with Gasteiger partial charge in [-0.25, -0.2) is 8.78 Å². The van der Waals surface area contributed by atoms with E-state index in [1.807, 2.05) is 0 Å². The van der Waals surface area contributed by atoms with Gasteiger partial charge in [-0.1, -0.05) is 29.8 Å². The Hall–Kier alpha value is -1.69. The molecule has 0 aliphatic carbocycles. The lowest BCUT2D eigenvalue weighted by molar-refractivity contribution is 0.379. The molecule has 0 saturated heterocycles. The van der Waals surface area contributed by atoms with Crippen LogP contribution in [0.2, 0.25) is 5.02 Å². The highest BCUT2D eigenvalue weighted by Gasteiger charge is 2.20. The topological polar surface area (TPSA) is 47.3 Å². The summed E-state index contributed by atoms with van der Waals surface area (Å²) >= 11 is 5.99. The number of methoxy groups -OCH3 is 1. The van der Waals surface area contributed by atoms with Crippen molar-refractivity contribution < 1.29 is 13.5 Å². The lowest BCUT2D eigenvalue weighted by Crippen LogP contribution is -2.30. The number of rotatable bonds is 5. The van der Waals surface area contributed by atoms with Crippen molar-refractivity contribution in [2.45, 2.75) is 12.5 Å². The van der Waals surface area contributed by atoms with Crippen LogP contribution in [0.4, 0.5) is 8.78 Å². The molecule has 0 saturated carbocycles. The molecule has 3 N–H and O–H groups in total. The molecular formula is C15H15ClF2N2O. The van der Waals surface area contributed by atoms with Crippen LogP contribution in [0, 0.1) is 11.6 Å². The van der Waals surface area contributed by atoms with Crippen molar-refractivity contribution in [1.82, 2.24) is 5.43 Å². The molecule has 1 atom stereocenters. The van der Waals surface area contributed by atoms with Crippen LogP contribution in [0.15, 0.2) is 36.4 Å². The Morgan fingerprint density at radius 1 is 1.24 bits per heavy atom. The molecule has 0 bridgehead atoms. The third kappa shape index (κ3) is 3.32. The van der Waals surface area contributed by atoms with Crippen LogP contribution in [0.5, 0.6) is 5.75 Å². The Labute approximate surface area is 126 Å². The van der Waals surface area contributed by atoms with Crippen LogP contribution in [0.25, 0.3) is 0 Å². The smallest absolute Gasteiger partial charge is 0.169 e. The van der Waals surface area contributed by atoms with Gasteiger partial charge in [0.05, 0.1) is 13.2 Å². The highest BCUT2D eigenvalue weighted by atomic mass is 35.5. The molecule has 2 rings (SSSR count). The van der Waals surface area contributed by atoms with Crippen molar-refractivity contribution in [2.24, 2.45) is 5.84 Å². The Balaban J connectivity index is 2.37. The van der Waals surface area contributed by atoms with Crippen LogP contribution >= 0.6 is 11.6 Å².